The van der Waals surface area contributed by atoms with Gasteiger partial charge in [0.1, 0.15) is 0 Å². The van der Waals surface area contributed by atoms with Crippen LogP contribution in [0.1, 0.15) is 39.0 Å². The lowest BCUT2D eigenvalue weighted by Crippen LogP contribution is -2.49. The molecule has 1 saturated heterocycles. The van der Waals surface area contributed by atoms with Gasteiger partial charge in [0, 0.05) is 12.5 Å². The predicted molar refractivity (Wildman–Crippen MR) is 63.8 cm³/mol. The van der Waals surface area contributed by atoms with Gasteiger partial charge in [0.05, 0.1) is 11.8 Å². The van der Waals surface area contributed by atoms with Crippen LogP contribution in [0.15, 0.2) is 5.16 Å². The van der Waals surface area contributed by atoms with E-state index in [1.54, 1.807) is 0 Å². The number of oxime groups is 1. The van der Waals surface area contributed by atoms with E-state index in [1.807, 2.05) is 0 Å². The molecule has 90 valence electrons. The fourth-order valence-corrected chi connectivity index (χ4v) is 4.16. The van der Waals surface area contributed by atoms with Gasteiger partial charge in [-0.2, -0.15) is 0 Å². The van der Waals surface area contributed by atoms with Crippen LogP contribution >= 0.6 is 0 Å². The van der Waals surface area contributed by atoms with E-state index in [9.17, 15) is 5.21 Å². The SMILES string of the molecule is C[C@@H]1CCCN([C@@H]2/C(=N/O)[C@H]3CC[C@H]2C3)C1. The van der Waals surface area contributed by atoms with Gasteiger partial charge < -0.3 is 5.21 Å². The Labute approximate surface area is 97.5 Å². The van der Waals surface area contributed by atoms with Crippen molar-refractivity contribution in [3.8, 4) is 0 Å². The van der Waals surface area contributed by atoms with Gasteiger partial charge in [-0.15, -0.1) is 0 Å². The maximum Gasteiger partial charge on any atom is 0.0775 e. The molecule has 0 amide bonds. The van der Waals surface area contributed by atoms with Crippen LogP contribution < -0.4 is 0 Å². The zero-order valence-electron chi connectivity index (χ0n) is 10.1. The van der Waals surface area contributed by atoms with E-state index in [-0.39, 0.29) is 0 Å². The number of rotatable bonds is 1. The highest BCUT2D eigenvalue weighted by Crippen LogP contribution is 2.45. The molecule has 0 unspecified atom stereocenters. The first kappa shape index (κ1) is 10.6. The molecule has 0 aromatic heterocycles. The Balaban J connectivity index is 1.78. The predicted octanol–water partition coefficient (Wildman–Crippen LogP) is 2.35. The number of piperidine rings is 1. The molecule has 3 nitrogen and oxygen atoms in total. The monoisotopic (exact) mass is 222 g/mol. The summed E-state index contributed by atoms with van der Waals surface area (Å²) in [7, 11) is 0. The van der Waals surface area contributed by atoms with Crippen LogP contribution in [0, 0.1) is 17.8 Å². The van der Waals surface area contributed by atoms with E-state index < -0.39 is 0 Å². The molecule has 3 fully saturated rings. The van der Waals surface area contributed by atoms with Crippen molar-refractivity contribution in [2.45, 2.75) is 45.1 Å². The number of likely N-dealkylation sites (tertiary alicyclic amines) is 1. The molecule has 3 rings (SSSR count). The second-order valence-corrected chi connectivity index (χ2v) is 5.98. The molecule has 3 aliphatic rings. The molecule has 16 heavy (non-hydrogen) atoms. The van der Waals surface area contributed by atoms with Crippen molar-refractivity contribution in [3.05, 3.63) is 0 Å². The normalized spacial score (nSPS) is 46.7. The van der Waals surface area contributed by atoms with Crippen molar-refractivity contribution in [1.29, 1.82) is 0 Å². The Kier molecular flexibility index (Phi) is 2.66. The van der Waals surface area contributed by atoms with E-state index in [2.05, 4.69) is 17.0 Å². The molecule has 0 aromatic carbocycles. The third kappa shape index (κ3) is 1.56. The lowest BCUT2D eigenvalue weighted by Gasteiger charge is -2.39. The molecule has 2 saturated carbocycles. The summed E-state index contributed by atoms with van der Waals surface area (Å²) in [5.41, 5.74) is 1.10. The quantitative estimate of drug-likeness (QED) is 0.546. The first-order valence-corrected chi connectivity index (χ1v) is 6.75. The van der Waals surface area contributed by atoms with Gasteiger partial charge in [0.25, 0.3) is 0 Å². The van der Waals surface area contributed by atoms with Crippen molar-refractivity contribution in [3.63, 3.8) is 0 Å². The van der Waals surface area contributed by atoms with Crippen LogP contribution in [0.25, 0.3) is 0 Å². The molecular weight excluding hydrogens is 200 g/mol. The number of hydrogen-bond acceptors (Lipinski definition) is 3. The summed E-state index contributed by atoms with van der Waals surface area (Å²) in [4.78, 5) is 2.59. The van der Waals surface area contributed by atoms with Crippen LogP contribution in [-0.2, 0) is 0 Å². The molecule has 1 heterocycles. The molecule has 4 atom stereocenters. The molecule has 0 aromatic rings. The van der Waals surface area contributed by atoms with Crippen molar-refractivity contribution in [2.75, 3.05) is 13.1 Å². The van der Waals surface area contributed by atoms with Crippen LogP contribution in [0.2, 0.25) is 0 Å². The second kappa shape index (κ2) is 4.02. The fraction of sp³-hybridized carbons (Fsp3) is 0.923. The maximum absolute atomic E-state index is 9.22. The van der Waals surface area contributed by atoms with Gasteiger partial charge in [0.2, 0.25) is 0 Å². The molecule has 2 aliphatic carbocycles. The third-order valence-electron chi connectivity index (χ3n) is 4.84. The Morgan fingerprint density at radius 1 is 1.31 bits per heavy atom. The summed E-state index contributed by atoms with van der Waals surface area (Å²) < 4.78 is 0. The van der Waals surface area contributed by atoms with E-state index >= 15 is 0 Å². The van der Waals surface area contributed by atoms with E-state index in [0.717, 1.165) is 17.5 Å². The minimum absolute atomic E-state index is 0.478. The molecule has 1 aliphatic heterocycles. The van der Waals surface area contributed by atoms with E-state index in [0.29, 0.717) is 12.0 Å². The summed E-state index contributed by atoms with van der Waals surface area (Å²) in [5.74, 6) is 2.19. The molecule has 3 heteroatoms. The van der Waals surface area contributed by atoms with Gasteiger partial charge >= 0.3 is 0 Å². The number of hydrogen-bond donors (Lipinski definition) is 1. The van der Waals surface area contributed by atoms with Gasteiger partial charge in [-0.25, -0.2) is 0 Å². The topological polar surface area (TPSA) is 35.8 Å². The minimum atomic E-state index is 0.478. The Morgan fingerprint density at radius 3 is 2.94 bits per heavy atom. The average molecular weight is 222 g/mol. The molecule has 1 N–H and O–H groups in total. The average Bonchev–Trinajstić information content (AvgIpc) is 2.88. The summed E-state index contributed by atoms with van der Waals surface area (Å²) in [5, 5.41) is 12.8. The van der Waals surface area contributed by atoms with Crippen molar-refractivity contribution in [2.24, 2.45) is 22.9 Å². The van der Waals surface area contributed by atoms with Crippen LogP contribution in [-0.4, -0.2) is 35.0 Å². The molecular formula is C13H22N2O. The standard InChI is InChI=1S/C13H22N2O/c1-9-3-2-6-15(8-9)13-11-5-4-10(7-11)12(13)14-16/h9-11,13,16H,2-8H2,1H3/b14-12+/t9-,10+,11+,13+/m1/s1. The Bertz CT molecular complexity index is 302. The molecule has 0 spiro atoms. The number of nitrogens with zero attached hydrogens (tertiary/aromatic N) is 2. The lowest BCUT2D eigenvalue weighted by atomic mass is 9.89. The van der Waals surface area contributed by atoms with Crippen LogP contribution in [0.3, 0.4) is 0 Å². The third-order valence-corrected chi connectivity index (χ3v) is 4.84. The smallest absolute Gasteiger partial charge is 0.0775 e. The zero-order valence-corrected chi connectivity index (χ0v) is 10.1. The summed E-state index contributed by atoms with van der Waals surface area (Å²) in [6.45, 7) is 4.75. The van der Waals surface area contributed by atoms with Crippen LogP contribution in [0.4, 0.5) is 0 Å². The van der Waals surface area contributed by atoms with Crippen molar-refractivity contribution >= 4 is 5.71 Å². The maximum atomic E-state index is 9.22. The van der Waals surface area contributed by atoms with Crippen molar-refractivity contribution in [1.82, 2.24) is 4.90 Å². The Morgan fingerprint density at radius 2 is 2.19 bits per heavy atom. The summed E-state index contributed by atoms with van der Waals surface area (Å²) in [6.07, 6.45) is 6.55. The second-order valence-electron chi connectivity index (χ2n) is 5.98. The summed E-state index contributed by atoms with van der Waals surface area (Å²) >= 11 is 0. The van der Waals surface area contributed by atoms with Gasteiger partial charge in [-0.05, 0) is 50.5 Å². The van der Waals surface area contributed by atoms with Crippen LogP contribution in [0.5, 0.6) is 0 Å². The van der Waals surface area contributed by atoms with E-state index in [4.69, 9.17) is 0 Å². The molecule has 0 radical (unpaired) electrons. The van der Waals surface area contributed by atoms with Gasteiger partial charge in [0.15, 0.2) is 0 Å². The van der Waals surface area contributed by atoms with Gasteiger partial charge in [-0.3, -0.25) is 4.90 Å². The number of fused-ring (bicyclic) bond motifs is 2. The Hall–Kier alpha value is -0.570. The van der Waals surface area contributed by atoms with Gasteiger partial charge in [-0.1, -0.05) is 12.1 Å². The van der Waals surface area contributed by atoms with Crippen molar-refractivity contribution < 1.29 is 5.21 Å². The first-order valence-electron chi connectivity index (χ1n) is 6.75. The lowest BCUT2D eigenvalue weighted by molar-refractivity contribution is 0.131. The first-order chi connectivity index (χ1) is 7.79. The minimum Gasteiger partial charge on any atom is -0.411 e. The molecule has 2 bridgehead atoms. The highest BCUT2D eigenvalue weighted by molar-refractivity contribution is 5.94. The zero-order chi connectivity index (χ0) is 11.1. The largest absolute Gasteiger partial charge is 0.411 e. The highest BCUT2D eigenvalue weighted by atomic mass is 16.4. The summed E-state index contributed by atoms with van der Waals surface area (Å²) in [6, 6.07) is 0.478. The van der Waals surface area contributed by atoms with E-state index in [1.165, 1.54) is 45.2 Å². The fourth-order valence-electron chi connectivity index (χ4n) is 4.16. The highest BCUT2D eigenvalue weighted by Gasteiger charge is 2.48.